The summed E-state index contributed by atoms with van der Waals surface area (Å²) in [5.41, 5.74) is 7.44. The molecule has 1 atom stereocenters. The number of nitrogens with two attached hydrogens (primary N) is 1. The van der Waals surface area contributed by atoms with Gasteiger partial charge in [0.2, 0.25) is 5.91 Å². The maximum absolute atomic E-state index is 11.9. The molecular weight excluding hydrogens is 345 g/mol. The highest BCUT2D eigenvalue weighted by atomic mass is 35.5. The van der Waals surface area contributed by atoms with E-state index in [1.165, 1.54) is 5.56 Å². The molecule has 24 heavy (non-hydrogen) atoms. The highest BCUT2D eigenvalue weighted by Crippen LogP contribution is 2.29. The highest BCUT2D eigenvalue weighted by Gasteiger charge is 2.22. The Balaban J connectivity index is 0.00000288. The number of benzene rings is 2. The third-order valence-corrected chi connectivity index (χ3v) is 3.80. The van der Waals surface area contributed by atoms with E-state index in [0.29, 0.717) is 10.7 Å². The second kappa shape index (κ2) is 8.38. The summed E-state index contributed by atoms with van der Waals surface area (Å²) in [6.45, 7) is 5.38. The van der Waals surface area contributed by atoms with Crippen molar-refractivity contribution in [1.29, 1.82) is 0 Å². The van der Waals surface area contributed by atoms with Crippen LogP contribution < -0.4 is 16.4 Å². The highest BCUT2D eigenvalue weighted by molar-refractivity contribution is 6.33. The van der Waals surface area contributed by atoms with Crippen LogP contribution in [0.3, 0.4) is 0 Å². The molecule has 0 aliphatic rings. The topological polar surface area (TPSA) is 67.1 Å². The fourth-order valence-corrected chi connectivity index (χ4v) is 2.30. The van der Waals surface area contributed by atoms with Crippen molar-refractivity contribution >= 4 is 41.3 Å². The Morgan fingerprint density at radius 1 is 1.17 bits per heavy atom. The Labute approximate surface area is 154 Å². The molecule has 2 aromatic rings. The zero-order valence-electron chi connectivity index (χ0n) is 14.0. The maximum Gasteiger partial charge on any atom is 0.243 e. The molecule has 1 unspecified atom stereocenters. The van der Waals surface area contributed by atoms with Gasteiger partial charge in [0.25, 0.3) is 0 Å². The second-order valence-corrected chi connectivity index (χ2v) is 6.55. The van der Waals surface area contributed by atoms with Crippen LogP contribution >= 0.6 is 24.0 Å². The first-order valence-corrected chi connectivity index (χ1v) is 7.86. The predicted octanol–water partition coefficient (Wildman–Crippen LogP) is 4.61. The molecule has 4 N–H and O–H groups in total. The molecule has 1 amide bonds. The van der Waals surface area contributed by atoms with Crippen molar-refractivity contribution in [2.75, 3.05) is 10.6 Å². The van der Waals surface area contributed by atoms with Gasteiger partial charge in [0.15, 0.2) is 0 Å². The smallest absolute Gasteiger partial charge is 0.243 e. The van der Waals surface area contributed by atoms with E-state index in [1.54, 1.807) is 26.0 Å². The molecular formula is C18H23Cl2N3O. The molecule has 0 bridgehead atoms. The fourth-order valence-electron chi connectivity index (χ4n) is 2.06. The molecule has 2 rings (SSSR count). The fraction of sp³-hybridized carbons (Fsp3) is 0.278. The van der Waals surface area contributed by atoms with Gasteiger partial charge in [-0.1, -0.05) is 41.9 Å². The number of hydrogen-bond acceptors (Lipinski definition) is 3. The van der Waals surface area contributed by atoms with Crippen molar-refractivity contribution in [3.8, 4) is 0 Å². The van der Waals surface area contributed by atoms with E-state index in [4.69, 9.17) is 17.3 Å². The van der Waals surface area contributed by atoms with Crippen LogP contribution in [-0.2, 0) is 4.79 Å². The van der Waals surface area contributed by atoms with Crippen molar-refractivity contribution in [3.05, 3.63) is 59.1 Å². The number of nitrogens with one attached hydrogen (secondary N) is 2. The average molecular weight is 368 g/mol. The molecule has 2 aromatic carbocycles. The molecule has 0 saturated carbocycles. The van der Waals surface area contributed by atoms with Crippen molar-refractivity contribution < 1.29 is 4.79 Å². The normalized spacial score (nSPS) is 12.0. The van der Waals surface area contributed by atoms with Crippen molar-refractivity contribution in [1.82, 2.24) is 0 Å². The minimum atomic E-state index is -0.939. The summed E-state index contributed by atoms with van der Waals surface area (Å²) in [6.07, 6.45) is 0. The Kier molecular flexibility index (Phi) is 7.08. The monoisotopic (exact) mass is 367 g/mol. The summed E-state index contributed by atoms with van der Waals surface area (Å²) >= 11 is 6.31. The summed E-state index contributed by atoms with van der Waals surface area (Å²) < 4.78 is 0. The van der Waals surface area contributed by atoms with E-state index < -0.39 is 5.54 Å². The lowest BCUT2D eigenvalue weighted by Crippen LogP contribution is -2.45. The van der Waals surface area contributed by atoms with Crippen molar-refractivity contribution in [2.45, 2.75) is 32.4 Å². The van der Waals surface area contributed by atoms with Crippen LogP contribution in [0.1, 0.15) is 32.4 Å². The molecule has 0 radical (unpaired) electrons. The molecule has 0 aliphatic carbocycles. The first kappa shape index (κ1) is 20.3. The Morgan fingerprint density at radius 3 is 2.33 bits per heavy atom. The standard InChI is InChI=1S/C18H22ClN3O.ClH/c1-12(13-7-5-4-6-8-13)21-16-10-9-14(11-15(16)19)22-17(23)18(2,3)20;/h4-12,21H,20H2,1-3H3,(H,22,23);1H. The molecule has 0 fully saturated rings. The Bertz CT molecular complexity index is 684. The number of halogens is 2. The van der Waals surface area contributed by atoms with Gasteiger partial charge in [-0.25, -0.2) is 0 Å². The Morgan fingerprint density at radius 2 is 1.79 bits per heavy atom. The molecule has 0 heterocycles. The van der Waals surface area contributed by atoms with Gasteiger partial charge in [0.1, 0.15) is 0 Å². The van der Waals surface area contributed by atoms with Gasteiger partial charge >= 0.3 is 0 Å². The summed E-state index contributed by atoms with van der Waals surface area (Å²) in [7, 11) is 0. The van der Waals surface area contributed by atoms with E-state index in [0.717, 1.165) is 5.69 Å². The molecule has 130 valence electrons. The van der Waals surface area contributed by atoms with Crippen LogP contribution in [0.2, 0.25) is 5.02 Å². The summed E-state index contributed by atoms with van der Waals surface area (Å²) in [5.74, 6) is -0.257. The number of rotatable bonds is 5. The van der Waals surface area contributed by atoms with Gasteiger partial charge in [-0.15, -0.1) is 12.4 Å². The molecule has 0 spiro atoms. The van der Waals surface area contributed by atoms with E-state index in [9.17, 15) is 4.79 Å². The average Bonchev–Trinajstić information content (AvgIpc) is 2.50. The van der Waals surface area contributed by atoms with Gasteiger partial charge in [-0.05, 0) is 44.5 Å². The lowest BCUT2D eigenvalue weighted by Gasteiger charge is -2.19. The van der Waals surface area contributed by atoms with Crippen LogP contribution in [0.15, 0.2) is 48.5 Å². The van der Waals surface area contributed by atoms with Crippen LogP contribution in [0, 0.1) is 0 Å². The maximum atomic E-state index is 11.9. The van der Waals surface area contributed by atoms with Gasteiger partial charge < -0.3 is 16.4 Å². The van der Waals surface area contributed by atoms with Crippen LogP contribution in [0.25, 0.3) is 0 Å². The number of carbonyl (C=O) groups is 1. The number of amides is 1. The molecule has 0 aromatic heterocycles. The van der Waals surface area contributed by atoms with Gasteiger partial charge in [-0.3, -0.25) is 4.79 Å². The first-order chi connectivity index (χ1) is 10.8. The van der Waals surface area contributed by atoms with Gasteiger partial charge in [0, 0.05) is 11.7 Å². The summed E-state index contributed by atoms with van der Waals surface area (Å²) in [4.78, 5) is 11.9. The van der Waals surface area contributed by atoms with E-state index in [2.05, 4.69) is 29.7 Å². The van der Waals surface area contributed by atoms with Crippen LogP contribution in [0.5, 0.6) is 0 Å². The van der Waals surface area contributed by atoms with Gasteiger partial charge in [-0.2, -0.15) is 0 Å². The number of carbonyl (C=O) groups excluding carboxylic acids is 1. The number of anilines is 2. The second-order valence-electron chi connectivity index (χ2n) is 6.15. The van der Waals surface area contributed by atoms with Gasteiger partial charge in [0.05, 0.1) is 16.2 Å². The molecule has 6 heteroatoms. The molecule has 4 nitrogen and oxygen atoms in total. The summed E-state index contributed by atoms with van der Waals surface area (Å²) in [6, 6.07) is 15.6. The Hall–Kier alpha value is -1.75. The van der Waals surface area contributed by atoms with E-state index in [1.807, 2.05) is 24.3 Å². The predicted molar refractivity (Wildman–Crippen MR) is 104 cm³/mol. The minimum Gasteiger partial charge on any atom is -0.377 e. The van der Waals surface area contributed by atoms with E-state index >= 15 is 0 Å². The lowest BCUT2D eigenvalue weighted by atomic mass is 10.1. The third kappa shape index (κ3) is 5.41. The van der Waals surface area contributed by atoms with Crippen molar-refractivity contribution in [2.24, 2.45) is 5.73 Å². The van der Waals surface area contributed by atoms with Crippen LogP contribution in [0.4, 0.5) is 11.4 Å². The number of hydrogen-bond donors (Lipinski definition) is 3. The third-order valence-electron chi connectivity index (χ3n) is 3.48. The quantitative estimate of drug-likeness (QED) is 0.722. The molecule has 0 aliphatic heterocycles. The zero-order valence-corrected chi connectivity index (χ0v) is 15.5. The van der Waals surface area contributed by atoms with E-state index in [-0.39, 0.29) is 24.4 Å². The first-order valence-electron chi connectivity index (χ1n) is 7.49. The minimum absolute atomic E-state index is 0. The summed E-state index contributed by atoms with van der Waals surface area (Å²) in [5, 5.41) is 6.67. The van der Waals surface area contributed by atoms with Crippen LogP contribution in [-0.4, -0.2) is 11.4 Å². The zero-order chi connectivity index (χ0) is 17.0. The largest absolute Gasteiger partial charge is 0.377 e. The lowest BCUT2D eigenvalue weighted by molar-refractivity contribution is -0.120. The van der Waals surface area contributed by atoms with Crippen molar-refractivity contribution in [3.63, 3.8) is 0 Å². The molecule has 0 saturated heterocycles. The SMILES string of the molecule is CC(Nc1ccc(NC(=O)C(C)(C)N)cc1Cl)c1ccccc1.Cl.